The fourth-order valence-corrected chi connectivity index (χ4v) is 2.62. The van der Waals surface area contributed by atoms with E-state index in [1.165, 1.54) is 22.3 Å². The van der Waals surface area contributed by atoms with Crippen LogP contribution in [0.2, 0.25) is 0 Å². The summed E-state index contributed by atoms with van der Waals surface area (Å²) >= 11 is 0. The first kappa shape index (κ1) is 29.4. The molecule has 138 valence electrons. The SMILES string of the molecule is CC(C)c1cccc(C(C)C)c1[O-].Cc1c[c-](C)c(C)c1C.[Cl-].[Cl-].[Ti+4]. The first-order valence-corrected chi connectivity index (χ1v) is 8.16. The molecule has 2 aromatic rings. The van der Waals surface area contributed by atoms with E-state index in [-0.39, 0.29) is 52.3 Å². The Kier molecular flexibility index (Phi) is 15.2. The van der Waals surface area contributed by atoms with Crippen molar-refractivity contribution in [1.29, 1.82) is 0 Å². The molecule has 0 aromatic heterocycles. The van der Waals surface area contributed by atoms with E-state index in [9.17, 15) is 5.11 Å². The normalized spacial score (nSPS) is 9.52. The summed E-state index contributed by atoms with van der Waals surface area (Å²) in [6.07, 6.45) is 0. The van der Waals surface area contributed by atoms with Crippen molar-refractivity contribution in [2.24, 2.45) is 0 Å². The monoisotopic (exact) mass is 416 g/mol. The maximum Gasteiger partial charge on any atom is 4.00 e. The number of benzene rings is 1. The van der Waals surface area contributed by atoms with E-state index in [4.69, 9.17) is 0 Å². The molecule has 1 nitrogen and oxygen atoms in total. The second kappa shape index (κ2) is 12.9. The molecule has 0 unspecified atom stereocenters. The van der Waals surface area contributed by atoms with E-state index in [1.807, 2.05) is 18.2 Å². The molecule has 0 spiro atoms. The quantitative estimate of drug-likeness (QED) is 0.484. The topological polar surface area (TPSA) is 23.1 Å². The maximum atomic E-state index is 11.9. The predicted molar refractivity (Wildman–Crippen MR) is 95.0 cm³/mol. The van der Waals surface area contributed by atoms with Gasteiger partial charge in [0.05, 0.1) is 0 Å². The van der Waals surface area contributed by atoms with Crippen molar-refractivity contribution in [2.45, 2.75) is 67.2 Å². The van der Waals surface area contributed by atoms with Crippen LogP contribution in [0.15, 0.2) is 24.3 Å². The molecular weight excluding hydrogens is 387 g/mol. The van der Waals surface area contributed by atoms with Gasteiger partial charge >= 0.3 is 21.7 Å². The molecule has 0 aliphatic heterocycles. The molecule has 2 aromatic carbocycles. The van der Waals surface area contributed by atoms with E-state index in [0.717, 1.165) is 11.1 Å². The summed E-state index contributed by atoms with van der Waals surface area (Å²) in [6, 6.07) is 8.08. The van der Waals surface area contributed by atoms with Gasteiger partial charge in [0.2, 0.25) is 0 Å². The summed E-state index contributed by atoms with van der Waals surface area (Å²) in [6.45, 7) is 16.9. The van der Waals surface area contributed by atoms with Crippen LogP contribution in [0.4, 0.5) is 0 Å². The minimum atomic E-state index is 0. The number of rotatable bonds is 2. The van der Waals surface area contributed by atoms with Gasteiger partial charge in [-0.25, -0.2) is 0 Å². The molecule has 0 atom stereocenters. The number of aryl methyl sites for hydroxylation is 2. The third kappa shape index (κ3) is 7.83. The molecular formula is C21H30Cl2OTi. The zero-order valence-corrected chi connectivity index (χ0v) is 19.7. The van der Waals surface area contributed by atoms with Crippen LogP contribution in [0.25, 0.3) is 0 Å². The Morgan fingerprint density at radius 3 is 1.48 bits per heavy atom. The van der Waals surface area contributed by atoms with Gasteiger partial charge in [-0.1, -0.05) is 84.7 Å². The van der Waals surface area contributed by atoms with Crippen molar-refractivity contribution in [3.8, 4) is 5.75 Å². The minimum absolute atomic E-state index is 0. The molecule has 0 bridgehead atoms. The third-order valence-corrected chi connectivity index (χ3v) is 4.50. The molecule has 2 rings (SSSR count). The van der Waals surface area contributed by atoms with Crippen LogP contribution < -0.4 is 29.9 Å². The van der Waals surface area contributed by atoms with Crippen LogP contribution in [0.1, 0.15) is 72.9 Å². The zero-order chi connectivity index (χ0) is 17.0. The zero-order valence-electron chi connectivity index (χ0n) is 16.6. The van der Waals surface area contributed by atoms with E-state index in [2.05, 4.69) is 61.5 Å². The van der Waals surface area contributed by atoms with Crippen LogP contribution in [0.3, 0.4) is 0 Å². The minimum Gasteiger partial charge on any atom is -1.00 e. The molecule has 0 saturated carbocycles. The molecule has 0 heterocycles. The summed E-state index contributed by atoms with van der Waals surface area (Å²) in [5, 5.41) is 11.9. The van der Waals surface area contributed by atoms with Crippen molar-refractivity contribution < 1.29 is 51.6 Å². The van der Waals surface area contributed by atoms with Crippen LogP contribution in [0, 0.1) is 27.7 Å². The second-order valence-corrected chi connectivity index (χ2v) is 6.84. The Labute approximate surface area is 181 Å². The van der Waals surface area contributed by atoms with Gasteiger partial charge in [0.15, 0.2) is 0 Å². The maximum absolute atomic E-state index is 11.9. The summed E-state index contributed by atoms with van der Waals surface area (Å²) in [5.74, 6) is 0.880. The third-order valence-electron chi connectivity index (χ3n) is 4.50. The molecule has 0 fully saturated rings. The van der Waals surface area contributed by atoms with Gasteiger partial charge in [0.25, 0.3) is 0 Å². The van der Waals surface area contributed by atoms with Gasteiger partial charge in [-0.3, -0.25) is 0 Å². The molecule has 0 radical (unpaired) electrons. The first-order valence-electron chi connectivity index (χ1n) is 8.16. The average Bonchev–Trinajstić information content (AvgIpc) is 2.65. The molecule has 0 aliphatic carbocycles. The number of halogens is 2. The Bertz CT molecular complexity index is 582. The van der Waals surface area contributed by atoms with Gasteiger partial charge in [0.1, 0.15) is 0 Å². The van der Waals surface area contributed by atoms with Gasteiger partial charge in [-0.2, -0.15) is 28.3 Å². The van der Waals surface area contributed by atoms with E-state index >= 15 is 0 Å². The average molecular weight is 417 g/mol. The van der Waals surface area contributed by atoms with Crippen LogP contribution >= 0.6 is 0 Å². The van der Waals surface area contributed by atoms with E-state index < -0.39 is 0 Å². The van der Waals surface area contributed by atoms with Crippen molar-refractivity contribution in [1.82, 2.24) is 0 Å². The van der Waals surface area contributed by atoms with Crippen molar-refractivity contribution >= 4 is 0 Å². The van der Waals surface area contributed by atoms with Gasteiger partial charge in [0, 0.05) is 0 Å². The second-order valence-electron chi connectivity index (χ2n) is 6.84. The van der Waals surface area contributed by atoms with Gasteiger partial charge in [-0.15, -0.1) is 5.75 Å². The van der Waals surface area contributed by atoms with E-state index in [1.54, 1.807) is 0 Å². The molecule has 0 amide bonds. The number of para-hydroxylation sites is 1. The van der Waals surface area contributed by atoms with Crippen LogP contribution in [0.5, 0.6) is 5.75 Å². The number of hydrogen-bond donors (Lipinski definition) is 0. The number of hydrogen-bond acceptors (Lipinski definition) is 1. The molecule has 0 saturated heterocycles. The molecule has 25 heavy (non-hydrogen) atoms. The fourth-order valence-electron chi connectivity index (χ4n) is 2.62. The molecule has 0 aliphatic rings. The van der Waals surface area contributed by atoms with Crippen LogP contribution in [-0.4, -0.2) is 0 Å². The fraction of sp³-hybridized carbons (Fsp3) is 0.476. The summed E-state index contributed by atoms with van der Waals surface area (Å²) in [4.78, 5) is 0. The first-order chi connectivity index (χ1) is 10.2. The molecule has 4 heteroatoms. The summed E-state index contributed by atoms with van der Waals surface area (Å²) in [5.41, 5.74) is 7.62. The van der Waals surface area contributed by atoms with Crippen molar-refractivity contribution in [3.05, 3.63) is 57.6 Å². The van der Waals surface area contributed by atoms with Gasteiger partial charge < -0.3 is 29.9 Å². The summed E-state index contributed by atoms with van der Waals surface area (Å²) in [7, 11) is 0. The largest absolute Gasteiger partial charge is 4.00 e. The van der Waals surface area contributed by atoms with Crippen molar-refractivity contribution in [3.63, 3.8) is 0 Å². The summed E-state index contributed by atoms with van der Waals surface area (Å²) < 4.78 is 0. The Hall–Kier alpha value is -0.336. The predicted octanol–water partition coefficient (Wildman–Crippen LogP) is -0.348. The van der Waals surface area contributed by atoms with Gasteiger partial charge in [-0.05, 0) is 11.8 Å². The van der Waals surface area contributed by atoms with Crippen LogP contribution in [-0.2, 0) is 21.7 Å². The Balaban J connectivity index is -0.000000362. The Morgan fingerprint density at radius 1 is 0.880 bits per heavy atom. The Morgan fingerprint density at radius 2 is 1.28 bits per heavy atom. The molecule has 0 N–H and O–H groups in total. The standard InChI is InChI=1S/C12H18O.C9H13.2ClH.Ti/c1-8(2)10-6-5-7-11(9(3)4)12(10)13;1-6-5-7(2)9(4)8(6)3;;;/h5-9,13H,1-4H3;5H,1-4H3;2*1H;/q;-1;;;+4/p-3. The smallest absolute Gasteiger partial charge is 1.00 e. The van der Waals surface area contributed by atoms with E-state index in [0.29, 0.717) is 11.8 Å². The van der Waals surface area contributed by atoms with Crippen molar-refractivity contribution in [2.75, 3.05) is 0 Å².